The summed E-state index contributed by atoms with van der Waals surface area (Å²) in [6.07, 6.45) is 11.5. The van der Waals surface area contributed by atoms with Gasteiger partial charge in [-0.25, -0.2) is 0 Å². The first-order valence-electron chi connectivity index (χ1n) is 9.24. The molecule has 0 heterocycles. The van der Waals surface area contributed by atoms with Crippen molar-refractivity contribution < 1.29 is 4.79 Å². The highest BCUT2D eigenvalue weighted by Gasteiger charge is 2.12. The lowest BCUT2D eigenvalue weighted by atomic mass is 10.1. The van der Waals surface area contributed by atoms with E-state index in [0.717, 1.165) is 51.9 Å². The number of carbonyl (C=O) groups excluding carboxylic acids is 1. The molecule has 3 nitrogen and oxygen atoms in total. The van der Waals surface area contributed by atoms with Crippen LogP contribution >= 0.6 is 0 Å². The maximum absolute atomic E-state index is 12.3. The van der Waals surface area contributed by atoms with E-state index < -0.39 is 0 Å². The molecule has 0 aromatic heterocycles. The third kappa shape index (κ3) is 12.9. The molecule has 0 saturated heterocycles. The molecule has 0 aliphatic heterocycles. The lowest BCUT2D eigenvalue weighted by Gasteiger charge is -2.23. The molecule has 0 fully saturated rings. The standard InChI is InChI=1S/C18H38N2O/c1-4-7-9-11-14-18(21)20(16-12-10-8-5-2)17-13-15-19-6-3/h19H,4-17H2,1-3H3. The largest absolute Gasteiger partial charge is 0.343 e. The second-order valence-electron chi connectivity index (χ2n) is 5.96. The van der Waals surface area contributed by atoms with Gasteiger partial charge in [-0.15, -0.1) is 0 Å². The Balaban J connectivity index is 3.98. The van der Waals surface area contributed by atoms with Crippen molar-refractivity contribution in [3.63, 3.8) is 0 Å². The van der Waals surface area contributed by atoms with Crippen LogP contribution in [-0.2, 0) is 4.79 Å². The molecule has 0 saturated carbocycles. The molecule has 0 aliphatic rings. The summed E-state index contributed by atoms with van der Waals surface area (Å²) in [4.78, 5) is 14.4. The molecule has 1 N–H and O–H groups in total. The van der Waals surface area contributed by atoms with Crippen LogP contribution in [0.15, 0.2) is 0 Å². The Morgan fingerprint density at radius 2 is 1.43 bits per heavy atom. The average Bonchev–Trinajstić information content (AvgIpc) is 2.49. The van der Waals surface area contributed by atoms with E-state index in [-0.39, 0.29) is 0 Å². The van der Waals surface area contributed by atoms with Gasteiger partial charge in [0.1, 0.15) is 0 Å². The Morgan fingerprint density at radius 1 is 0.810 bits per heavy atom. The molecule has 0 unspecified atom stereocenters. The molecule has 0 atom stereocenters. The number of nitrogens with one attached hydrogen (secondary N) is 1. The van der Waals surface area contributed by atoms with Crippen LogP contribution in [0, 0.1) is 0 Å². The first-order valence-corrected chi connectivity index (χ1v) is 9.24. The molecule has 0 aromatic carbocycles. The highest BCUT2D eigenvalue weighted by atomic mass is 16.2. The highest BCUT2D eigenvalue weighted by Crippen LogP contribution is 2.08. The van der Waals surface area contributed by atoms with Gasteiger partial charge in [0.05, 0.1) is 0 Å². The number of unbranched alkanes of at least 4 members (excludes halogenated alkanes) is 6. The van der Waals surface area contributed by atoms with E-state index in [2.05, 4.69) is 31.0 Å². The van der Waals surface area contributed by atoms with Crippen molar-refractivity contribution in [2.45, 2.75) is 85.0 Å². The van der Waals surface area contributed by atoms with Gasteiger partial charge in [-0.3, -0.25) is 4.79 Å². The monoisotopic (exact) mass is 298 g/mol. The number of rotatable bonds is 15. The average molecular weight is 299 g/mol. The van der Waals surface area contributed by atoms with Crippen LogP contribution in [-0.4, -0.2) is 37.0 Å². The molecule has 0 radical (unpaired) electrons. The predicted molar refractivity (Wildman–Crippen MR) is 92.6 cm³/mol. The number of carbonyl (C=O) groups is 1. The summed E-state index contributed by atoms with van der Waals surface area (Å²) in [5.74, 6) is 0.374. The summed E-state index contributed by atoms with van der Waals surface area (Å²) >= 11 is 0. The van der Waals surface area contributed by atoms with Gasteiger partial charge in [0.15, 0.2) is 0 Å². The van der Waals surface area contributed by atoms with Crippen molar-refractivity contribution in [1.82, 2.24) is 10.2 Å². The van der Waals surface area contributed by atoms with Crippen LogP contribution in [0.1, 0.15) is 85.0 Å². The van der Waals surface area contributed by atoms with Crippen molar-refractivity contribution in [2.75, 3.05) is 26.2 Å². The van der Waals surface area contributed by atoms with Gasteiger partial charge < -0.3 is 10.2 Å². The molecular formula is C18H38N2O. The maximum atomic E-state index is 12.3. The molecule has 3 heteroatoms. The van der Waals surface area contributed by atoms with Crippen molar-refractivity contribution in [3.05, 3.63) is 0 Å². The minimum Gasteiger partial charge on any atom is -0.343 e. The zero-order valence-corrected chi connectivity index (χ0v) is 14.8. The second kappa shape index (κ2) is 15.8. The van der Waals surface area contributed by atoms with Crippen LogP contribution in [0.2, 0.25) is 0 Å². The minimum atomic E-state index is 0.374. The SMILES string of the molecule is CCCCCCC(=O)N(CCCCCC)CCCNCC. The first-order chi connectivity index (χ1) is 10.3. The molecule has 0 rings (SSSR count). The molecule has 21 heavy (non-hydrogen) atoms. The minimum absolute atomic E-state index is 0.374. The van der Waals surface area contributed by atoms with E-state index >= 15 is 0 Å². The Labute approximate surface area is 132 Å². The summed E-state index contributed by atoms with van der Waals surface area (Å²) in [5.41, 5.74) is 0. The molecule has 1 amide bonds. The Morgan fingerprint density at radius 3 is 2.05 bits per heavy atom. The fourth-order valence-electron chi connectivity index (χ4n) is 2.52. The lowest BCUT2D eigenvalue weighted by molar-refractivity contribution is -0.131. The quantitative estimate of drug-likeness (QED) is 0.455. The van der Waals surface area contributed by atoms with E-state index in [4.69, 9.17) is 0 Å². The van der Waals surface area contributed by atoms with E-state index in [0.29, 0.717) is 5.91 Å². The van der Waals surface area contributed by atoms with Gasteiger partial charge in [-0.1, -0.05) is 59.3 Å². The van der Waals surface area contributed by atoms with Crippen molar-refractivity contribution in [2.24, 2.45) is 0 Å². The summed E-state index contributed by atoms with van der Waals surface area (Å²) in [7, 11) is 0. The van der Waals surface area contributed by atoms with Crippen molar-refractivity contribution in [1.29, 1.82) is 0 Å². The van der Waals surface area contributed by atoms with E-state index in [1.807, 2.05) is 0 Å². The van der Waals surface area contributed by atoms with Crippen LogP contribution < -0.4 is 5.32 Å². The second-order valence-corrected chi connectivity index (χ2v) is 5.96. The van der Waals surface area contributed by atoms with E-state index in [1.165, 1.54) is 38.5 Å². The number of hydrogen-bond acceptors (Lipinski definition) is 2. The third-order valence-corrected chi connectivity index (χ3v) is 3.91. The maximum Gasteiger partial charge on any atom is 0.222 e. The summed E-state index contributed by atoms with van der Waals surface area (Å²) in [6.45, 7) is 10.5. The van der Waals surface area contributed by atoms with Gasteiger partial charge in [0.25, 0.3) is 0 Å². The van der Waals surface area contributed by atoms with Gasteiger partial charge in [-0.05, 0) is 32.4 Å². The molecule has 126 valence electrons. The van der Waals surface area contributed by atoms with Crippen LogP contribution in [0.3, 0.4) is 0 Å². The summed E-state index contributed by atoms with van der Waals surface area (Å²) < 4.78 is 0. The summed E-state index contributed by atoms with van der Waals surface area (Å²) in [5, 5.41) is 3.34. The van der Waals surface area contributed by atoms with Gasteiger partial charge in [0, 0.05) is 19.5 Å². The van der Waals surface area contributed by atoms with Crippen LogP contribution in [0.4, 0.5) is 0 Å². The number of amides is 1. The lowest BCUT2D eigenvalue weighted by Crippen LogP contribution is -2.34. The highest BCUT2D eigenvalue weighted by molar-refractivity contribution is 5.76. The van der Waals surface area contributed by atoms with Gasteiger partial charge >= 0.3 is 0 Å². The molecule has 0 aromatic rings. The topological polar surface area (TPSA) is 32.3 Å². The molecular weight excluding hydrogens is 260 g/mol. The third-order valence-electron chi connectivity index (χ3n) is 3.91. The number of nitrogens with zero attached hydrogens (tertiary/aromatic N) is 1. The molecule has 0 bridgehead atoms. The number of hydrogen-bond donors (Lipinski definition) is 1. The molecule has 0 spiro atoms. The molecule has 0 aliphatic carbocycles. The van der Waals surface area contributed by atoms with Gasteiger partial charge in [-0.2, -0.15) is 0 Å². The fraction of sp³-hybridized carbons (Fsp3) is 0.944. The zero-order chi connectivity index (χ0) is 15.8. The normalized spacial score (nSPS) is 10.8. The smallest absolute Gasteiger partial charge is 0.222 e. The Hall–Kier alpha value is -0.570. The fourth-order valence-corrected chi connectivity index (χ4v) is 2.52. The Kier molecular flexibility index (Phi) is 15.4. The first kappa shape index (κ1) is 20.4. The predicted octanol–water partition coefficient (Wildman–Crippen LogP) is 4.37. The van der Waals surface area contributed by atoms with E-state index in [9.17, 15) is 4.79 Å². The Bertz CT molecular complexity index is 219. The van der Waals surface area contributed by atoms with Crippen molar-refractivity contribution in [3.8, 4) is 0 Å². The summed E-state index contributed by atoms with van der Waals surface area (Å²) in [6, 6.07) is 0. The van der Waals surface area contributed by atoms with Crippen molar-refractivity contribution >= 4 is 5.91 Å². The van der Waals surface area contributed by atoms with Crippen LogP contribution in [0.25, 0.3) is 0 Å². The van der Waals surface area contributed by atoms with Crippen LogP contribution in [0.5, 0.6) is 0 Å². The van der Waals surface area contributed by atoms with E-state index in [1.54, 1.807) is 0 Å². The van der Waals surface area contributed by atoms with Gasteiger partial charge in [0.2, 0.25) is 5.91 Å². The zero-order valence-electron chi connectivity index (χ0n) is 14.8.